The first-order valence-electron chi connectivity index (χ1n) is 7.76. The SMILES string of the molecule is Cc1cc(C)c(C)c(S(=O)(=O)Nc2cccc(NC(=O)CO)c2)c1C. The lowest BCUT2D eigenvalue weighted by Crippen LogP contribution is -2.18. The van der Waals surface area contributed by atoms with Gasteiger partial charge in [0.05, 0.1) is 10.6 Å². The summed E-state index contributed by atoms with van der Waals surface area (Å²) in [4.78, 5) is 11.5. The van der Waals surface area contributed by atoms with Crippen LogP contribution in [0.1, 0.15) is 22.3 Å². The van der Waals surface area contributed by atoms with Crippen molar-refractivity contribution in [2.24, 2.45) is 0 Å². The molecule has 6 nitrogen and oxygen atoms in total. The Hall–Kier alpha value is -2.38. The van der Waals surface area contributed by atoms with Gasteiger partial charge in [-0.2, -0.15) is 0 Å². The second kappa shape index (κ2) is 7.25. The number of amides is 1. The summed E-state index contributed by atoms with van der Waals surface area (Å²) >= 11 is 0. The van der Waals surface area contributed by atoms with Crippen molar-refractivity contribution in [3.05, 3.63) is 52.6 Å². The van der Waals surface area contributed by atoms with Crippen LogP contribution in [0.4, 0.5) is 11.4 Å². The quantitative estimate of drug-likeness (QED) is 0.762. The fourth-order valence-electron chi connectivity index (χ4n) is 2.65. The standard InChI is InChI=1S/C18H22N2O4S/c1-11-8-12(2)14(4)18(13(11)3)25(23,24)20-16-7-5-6-15(9-16)19-17(22)10-21/h5-9,20-21H,10H2,1-4H3,(H,19,22). The fraction of sp³-hybridized carbons (Fsp3) is 0.278. The summed E-state index contributed by atoms with van der Waals surface area (Å²) in [5, 5.41) is 11.3. The van der Waals surface area contributed by atoms with Gasteiger partial charge in [-0.1, -0.05) is 12.1 Å². The minimum absolute atomic E-state index is 0.273. The summed E-state index contributed by atoms with van der Waals surface area (Å²) in [7, 11) is -3.78. The van der Waals surface area contributed by atoms with Crippen molar-refractivity contribution in [3.63, 3.8) is 0 Å². The van der Waals surface area contributed by atoms with E-state index < -0.39 is 22.5 Å². The van der Waals surface area contributed by atoms with Crippen LogP contribution in [-0.4, -0.2) is 26.0 Å². The molecule has 0 atom stereocenters. The second-order valence-corrected chi connectivity index (χ2v) is 7.60. The summed E-state index contributed by atoms with van der Waals surface area (Å²) in [6, 6.07) is 8.29. The van der Waals surface area contributed by atoms with Crippen LogP contribution in [0.2, 0.25) is 0 Å². The first kappa shape index (κ1) is 19.0. The molecular formula is C18H22N2O4S. The molecule has 1 amide bonds. The maximum Gasteiger partial charge on any atom is 0.262 e. The normalized spacial score (nSPS) is 11.2. The maximum absolute atomic E-state index is 12.9. The van der Waals surface area contributed by atoms with E-state index in [1.165, 1.54) is 6.07 Å². The van der Waals surface area contributed by atoms with Crippen LogP contribution in [0, 0.1) is 27.7 Å². The third kappa shape index (κ3) is 4.18. The molecule has 0 heterocycles. The van der Waals surface area contributed by atoms with E-state index in [0.29, 0.717) is 22.5 Å². The smallest absolute Gasteiger partial charge is 0.262 e. The molecule has 0 fully saturated rings. The summed E-state index contributed by atoms with van der Waals surface area (Å²) in [6.45, 7) is 6.69. The van der Waals surface area contributed by atoms with E-state index >= 15 is 0 Å². The average Bonchev–Trinajstić information content (AvgIpc) is 2.52. The van der Waals surface area contributed by atoms with Crippen LogP contribution in [0.5, 0.6) is 0 Å². The molecule has 7 heteroatoms. The molecule has 0 aromatic heterocycles. The summed E-state index contributed by atoms with van der Waals surface area (Å²) < 4.78 is 28.4. The van der Waals surface area contributed by atoms with Crippen molar-refractivity contribution in [1.29, 1.82) is 0 Å². The number of carbonyl (C=O) groups excluding carboxylic acids is 1. The second-order valence-electron chi connectivity index (χ2n) is 5.98. The number of benzene rings is 2. The van der Waals surface area contributed by atoms with E-state index in [-0.39, 0.29) is 4.90 Å². The number of hydrogen-bond donors (Lipinski definition) is 3. The van der Waals surface area contributed by atoms with Gasteiger partial charge in [0.25, 0.3) is 10.0 Å². The van der Waals surface area contributed by atoms with E-state index in [2.05, 4.69) is 10.0 Å². The first-order chi connectivity index (χ1) is 11.7. The van der Waals surface area contributed by atoms with E-state index in [0.717, 1.165) is 11.1 Å². The van der Waals surface area contributed by atoms with Crippen molar-refractivity contribution in [1.82, 2.24) is 0 Å². The lowest BCUT2D eigenvalue weighted by atomic mass is 10.0. The Labute approximate surface area is 147 Å². The highest BCUT2D eigenvalue weighted by molar-refractivity contribution is 7.92. The van der Waals surface area contributed by atoms with Crippen molar-refractivity contribution < 1.29 is 18.3 Å². The molecule has 0 aliphatic heterocycles. The van der Waals surface area contributed by atoms with Crippen molar-refractivity contribution in [2.45, 2.75) is 32.6 Å². The first-order valence-corrected chi connectivity index (χ1v) is 9.25. The van der Waals surface area contributed by atoms with Crippen molar-refractivity contribution in [3.8, 4) is 0 Å². The maximum atomic E-state index is 12.9. The number of aryl methyl sites for hydroxylation is 2. The average molecular weight is 362 g/mol. The number of rotatable bonds is 5. The third-order valence-electron chi connectivity index (χ3n) is 4.11. The lowest BCUT2D eigenvalue weighted by molar-refractivity contribution is -0.118. The van der Waals surface area contributed by atoms with E-state index in [9.17, 15) is 13.2 Å². The minimum atomic E-state index is -3.78. The van der Waals surface area contributed by atoms with Crippen LogP contribution >= 0.6 is 0 Å². The highest BCUT2D eigenvalue weighted by atomic mass is 32.2. The van der Waals surface area contributed by atoms with Crippen LogP contribution in [-0.2, 0) is 14.8 Å². The van der Waals surface area contributed by atoms with Crippen LogP contribution < -0.4 is 10.0 Å². The van der Waals surface area contributed by atoms with E-state index in [1.807, 2.05) is 19.9 Å². The number of anilines is 2. The van der Waals surface area contributed by atoms with Gasteiger partial charge in [-0.3, -0.25) is 9.52 Å². The fourth-order valence-corrected chi connectivity index (χ4v) is 4.32. The predicted octanol–water partition coefficient (Wildman–Crippen LogP) is 2.65. The van der Waals surface area contributed by atoms with Gasteiger partial charge in [0.2, 0.25) is 5.91 Å². The number of nitrogens with one attached hydrogen (secondary N) is 2. The molecule has 2 rings (SSSR count). The monoisotopic (exact) mass is 362 g/mol. The van der Waals surface area contributed by atoms with Crippen molar-refractivity contribution >= 4 is 27.3 Å². The van der Waals surface area contributed by atoms with E-state index in [4.69, 9.17) is 5.11 Å². The number of sulfonamides is 1. The Morgan fingerprint density at radius 2 is 1.56 bits per heavy atom. The number of carbonyl (C=O) groups is 1. The minimum Gasteiger partial charge on any atom is -0.387 e. The molecule has 0 bridgehead atoms. The molecule has 134 valence electrons. The summed E-state index contributed by atoms with van der Waals surface area (Å²) in [5.41, 5.74) is 3.96. The summed E-state index contributed by atoms with van der Waals surface area (Å²) in [6.07, 6.45) is 0. The molecule has 3 N–H and O–H groups in total. The van der Waals surface area contributed by atoms with Gasteiger partial charge in [0.1, 0.15) is 6.61 Å². The molecular weight excluding hydrogens is 340 g/mol. The molecule has 0 unspecified atom stereocenters. The van der Waals surface area contributed by atoms with Gasteiger partial charge in [-0.15, -0.1) is 0 Å². The number of hydrogen-bond acceptors (Lipinski definition) is 4. The predicted molar refractivity (Wildman–Crippen MR) is 98.4 cm³/mol. The number of aliphatic hydroxyl groups excluding tert-OH is 1. The van der Waals surface area contributed by atoms with Gasteiger partial charge < -0.3 is 10.4 Å². The molecule has 0 aliphatic carbocycles. The zero-order valence-corrected chi connectivity index (χ0v) is 15.5. The van der Waals surface area contributed by atoms with Crippen LogP contribution in [0.3, 0.4) is 0 Å². The zero-order chi connectivity index (χ0) is 18.8. The highest BCUT2D eigenvalue weighted by Gasteiger charge is 2.22. The van der Waals surface area contributed by atoms with Crippen LogP contribution in [0.25, 0.3) is 0 Å². The molecule has 0 aliphatic rings. The Morgan fingerprint density at radius 1 is 1.00 bits per heavy atom. The molecule has 2 aromatic carbocycles. The lowest BCUT2D eigenvalue weighted by Gasteiger charge is -2.17. The molecule has 0 radical (unpaired) electrons. The molecule has 0 spiro atoms. The molecule has 2 aromatic rings. The Kier molecular flexibility index (Phi) is 5.49. The topological polar surface area (TPSA) is 95.5 Å². The van der Waals surface area contributed by atoms with Gasteiger partial charge in [0, 0.05) is 5.69 Å². The van der Waals surface area contributed by atoms with E-state index in [1.54, 1.807) is 32.0 Å². The van der Waals surface area contributed by atoms with Crippen molar-refractivity contribution in [2.75, 3.05) is 16.6 Å². The highest BCUT2D eigenvalue weighted by Crippen LogP contribution is 2.28. The Bertz CT molecular complexity index is 895. The largest absolute Gasteiger partial charge is 0.387 e. The molecule has 0 saturated carbocycles. The van der Waals surface area contributed by atoms with Gasteiger partial charge in [-0.05, 0) is 68.1 Å². The Morgan fingerprint density at radius 3 is 2.12 bits per heavy atom. The molecule has 0 saturated heterocycles. The zero-order valence-electron chi connectivity index (χ0n) is 14.7. The third-order valence-corrected chi connectivity index (χ3v) is 5.76. The molecule has 25 heavy (non-hydrogen) atoms. The summed E-state index contributed by atoms with van der Waals surface area (Å²) in [5.74, 6) is -0.569. The number of aliphatic hydroxyl groups is 1. The van der Waals surface area contributed by atoms with Crippen LogP contribution in [0.15, 0.2) is 35.2 Å². The van der Waals surface area contributed by atoms with Gasteiger partial charge in [0.15, 0.2) is 0 Å². The van der Waals surface area contributed by atoms with Gasteiger partial charge in [-0.25, -0.2) is 8.42 Å². The Balaban J connectivity index is 2.41. The van der Waals surface area contributed by atoms with Gasteiger partial charge >= 0.3 is 0 Å².